The molecule has 0 aliphatic carbocycles. The third-order valence-corrected chi connectivity index (χ3v) is 4.72. The van der Waals surface area contributed by atoms with E-state index in [1.807, 2.05) is 30.3 Å². The summed E-state index contributed by atoms with van der Waals surface area (Å²) in [6.45, 7) is 3.34. The Bertz CT molecular complexity index is 516. The smallest absolute Gasteiger partial charge is 0.305 e. The highest BCUT2D eigenvalue weighted by atomic mass is 16.5. The highest BCUT2D eigenvalue weighted by Crippen LogP contribution is 2.09. The number of carbonyl (C=O) groups excluding carboxylic acids is 2. The molecule has 0 spiro atoms. The molecule has 0 saturated carbocycles. The van der Waals surface area contributed by atoms with Gasteiger partial charge in [-0.1, -0.05) is 82.2 Å². The van der Waals surface area contributed by atoms with Crippen LogP contribution < -0.4 is 0 Å². The van der Waals surface area contributed by atoms with Gasteiger partial charge in [0.25, 0.3) is 0 Å². The van der Waals surface area contributed by atoms with Crippen LogP contribution in [0.1, 0.15) is 83.1 Å². The first-order valence-corrected chi connectivity index (χ1v) is 10.6. The fourth-order valence-corrected chi connectivity index (χ4v) is 3.01. The molecule has 1 aromatic rings. The first-order chi connectivity index (χ1) is 13.1. The van der Waals surface area contributed by atoms with Gasteiger partial charge in [-0.2, -0.15) is 0 Å². The molecule has 0 atom stereocenters. The zero-order chi connectivity index (χ0) is 19.7. The van der Waals surface area contributed by atoms with Crippen molar-refractivity contribution in [3.63, 3.8) is 0 Å². The summed E-state index contributed by atoms with van der Waals surface area (Å²) in [5, 5.41) is 0. The quantitative estimate of drug-likeness (QED) is 0.300. The second-order valence-electron chi connectivity index (χ2n) is 7.28. The number of esters is 1. The molecule has 0 aliphatic heterocycles. The van der Waals surface area contributed by atoms with Crippen molar-refractivity contribution in [1.82, 2.24) is 4.90 Å². The topological polar surface area (TPSA) is 46.6 Å². The second-order valence-corrected chi connectivity index (χ2v) is 7.28. The number of rotatable bonds is 15. The summed E-state index contributed by atoms with van der Waals surface area (Å²) >= 11 is 0. The largest absolute Gasteiger partial charge is 0.466 e. The molecule has 0 N–H and O–H groups in total. The van der Waals surface area contributed by atoms with Gasteiger partial charge in [-0.3, -0.25) is 9.59 Å². The molecule has 0 radical (unpaired) electrons. The van der Waals surface area contributed by atoms with Gasteiger partial charge in [0.05, 0.1) is 6.61 Å². The minimum Gasteiger partial charge on any atom is -0.466 e. The molecule has 0 aliphatic rings. The summed E-state index contributed by atoms with van der Waals surface area (Å²) in [6, 6.07) is 9.91. The van der Waals surface area contributed by atoms with E-state index in [1.54, 1.807) is 11.9 Å². The van der Waals surface area contributed by atoms with E-state index >= 15 is 0 Å². The Morgan fingerprint density at radius 1 is 0.852 bits per heavy atom. The van der Waals surface area contributed by atoms with Crippen LogP contribution in [0.25, 0.3) is 0 Å². The van der Waals surface area contributed by atoms with E-state index in [9.17, 15) is 9.59 Å². The average molecular weight is 376 g/mol. The molecule has 0 saturated heterocycles. The highest BCUT2D eigenvalue weighted by molar-refractivity contribution is 5.77. The van der Waals surface area contributed by atoms with Crippen LogP contribution in [0.15, 0.2) is 30.3 Å². The Labute approximate surface area is 165 Å². The van der Waals surface area contributed by atoms with Crippen LogP contribution in [0.4, 0.5) is 0 Å². The van der Waals surface area contributed by atoms with Gasteiger partial charge >= 0.3 is 5.97 Å². The highest BCUT2D eigenvalue weighted by Gasteiger charge is 2.11. The van der Waals surface area contributed by atoms with Crippen molar-refractivity contribution < 1.29 is 14.3 Å². The summed E-state index contributed by atoms with van der Waals surface area (Å²) < 4.78 is 5.26. The lowest BCUT2D eigenvalue weighted by Crippen LogP contribution is -2.26. The molecule has 27 heavy (non-hydrogen) atoms. The fourth-order valence-electron chi connectivity index (χ4n) is 3.01. The molecule has 0 aromatic heterocycles. The Morgan fingerprint density at radius 2 is 1.48 bits per heavy atom. The summed E-state index contributed by atoms with van der Waals surface area (Å²) in [6.07, 6.45) is 11.1. The van der Waals surface area contributed by atoms with Gasteiger partial charge in [-0.15, -0.1) is 0 Å². The summed E-state index contributed by atoms with van der Waals surface area (Å²) in [4.78, 5) is 25.6. The summed E-state index contributed by atoms with van der Waals surface area (Å²) in [5.74, 6) is -0.119. The number of ether oxygens (including phenoxy) is 1. The van der Waals surface area contributed by atoms with Gasteiger partial charge in [0.1, 0.15) is 0 Å². The number of hydrogen-bond acceptors (Lipinski definition) is 3. The lowest BCUT2D eigenvalue weighted by Gasteiger charge is -2.17. The maximum atomic E-state index is 12.1. The minimum absolute atomic E-state index is 0.0646. The monoisotopic (exact) mass is 375 g/mol. The fraction of sp³-hybridized carbons (Fsp3) is 0.652. The van der Waals surface area contributed by atoms with Gasteiger partial charge in [-0.25, -0.2) is 0 Å². The molecule has 0 heterocycles. The summed E-state index contributed by atoms with van der Waals surface area (Å²) in [5.41, 5.74) is 1.11. The second kappa shape index (κ2) is 15.2. The third kappa shape index (κ3) is 12.2. The lowest BCUT2D eigenvalue weighted by molar-refractivity contribution is -0.144. The third-order valence-electron chi connectivity index (χ3n) is 4.72. The molecule has 1 rings (SSSR count). The molecule has 1 aromatic carbocycles. The van der Waals surface area contributed by atoms with E-state index in [-0.39, 0.29) is 11.9 Å². The van der Waals surface area contributed by atoms with Gasteiger partial charge in [0.15, 0.2) is 0 Å². The van der Waals surface area contributed by atoms with Crippen LogP contribution in [-0.2, 0) is 20.9 Å². The van der Waals surface area contributed by atoms with Crippen molar-refractivity contribution in [2.45, 2.75) is 84.1 Å². The number of hydrogen-bond donors (Lipinski definition) is 0. The van der Waals surface area contributed by atoms with Crippen molar-refractivity contribution in [2.24, 2.45) is 0 Å². The maximum absolute atomic E-state index is 12.1. The molecule has 4 nitrogen and oxygen atoms in total. The SMILES string of the molecule is CCCCCCCCCCOC(=O)CCCC(=O)N(C)Cc1ccccc1. The van der Waals surface area contributed by atoms with Crippen LogP contribution in [0.2, 0.25) is 0 Å². The molecule has 4 heteroatoms. The molecular weight excluding hydrogens is 338 g/mol. The standard InChI is InChI=1S/C23H37NO3/c1-3-4-5-6-7-8-9-13-19-27-23(26)18-14-17-22(25)24(2)20-21-15-11-10-12-16-21/h10-12,15-16H,3-9,13-14,17-20H2,1-2H3. The first-order valence-electron chi connectivity index (χ1n) is 10.6. The normalized spacial score (nSPS) is 10.6. The van der Waals surface area contributed by atoms with E-state index in [0.717, 1.165) is 18.4 Å². The van der Waals surface area contributed by atoms with E-state index in [2.05, 4.69) is 6.92 Å². The maximum Gasteiger partial charge on any atom is 0.305 e. The number of benzene rings is 1. The molecule has 152 valence electrons. The van der Waals surface area contributed by atoms with E-state index < -0.39 is 0 Å². The van der Waals surface area contributed by atoms with Gasteiger partial charge in [0, 0.05) is 26.4 Å². The lowest BCUT2D eigenvalue weighted by atomic mass is 10.1. The molecule has 1 amide bonds. The molecule has 0 fully saturated rings. The van der Waals surface area contributed by atoms with Crippen LogP contribution in [0.3, 0.4) is 0 Å². The number of carbonyl (C=O) groups is 2. The van der Waals surface area contributed by atoms with Crippen molar-refractivity contribution in [2.75, 3.05) is 13.7 Å². The average Bonchev–Trinajstić information content (AvgIpc) is 2.67. The Balaban J connectivity index is 1.99. The van der Waals surface area contributed by atoms with Crippen LogP contribution in [0.5, 0.6) is 0 Å². The van der Waals surface area contributed by atoms with Crippen LogP contribution in [0, 0.1) is 0 Å². The van der Waals surface area contributed by atoms with Crippen LogP contribution in [-0.4, -0.2) is 30.4 Å². The predicted molar refractivity (Wildman–Crippen MR) is 110 cm³/mol. The number of nitrogens with zero attached hydrogens (tertiary/aromatic N) is 1. The zero-order valence-electron chi connectivity index (χ0n) is 17.3. The number of unbranched alkanes of at least 4 members (excludes halogenated alkanes) is 7. The summed E-state index contributed by atoms with van der Waals surface area (Å²) in [7, 11) is 1.80. The Kier molecular flexibility index (Phi) is 13.1. The van der Waals surface area contributed by atoms with Crippen LogP contribution >= 0.6 is 0 Å². The van der Waals surface area contributed by atoms with E-state index in [1.165, 1.54) is 38.5 Å². The Hall–Kier alpha value is -1.84. The van der Waals surface area contributed by atoms with Crippen molar-refractivity contribution in [1.29, 1.82) is 0 Å². The predicted octanol–water partition coefficient (Wildman–Crippen LogP) is 5.50. The molecule has 0 bridgehead atoms. The van der Waals surface area contributed by atoms with E-state index in [4.69, 9.17) is 4.74 Å². The zero-order valence-corrected chi connectivity index (χ0v) is 17.3. The molecule has 0 unspecified atom stereocenters. The Morgan fingerprint density at radius 3 is 2.15 bits per heavy atom. The van der Waals surface area contributed by atoms with Crippen molar-refractivity contribution in [3.8, 4) is 0 Å². The first kappa shape index (κ1) is 23.2. The van der Waals surface area contributed by atoms with E-state index in [0.29, 0.717) is 32.4 Å². The minimum atomic E-state index is -0.184. The van der Waals surface area contributed by atoms with Gasteiger partial charge in [0.2, 0.25) is 5.91 Å². The van der Waals surface area contributed by atoms with Gasteiger partial charge in [-0.05, 0) is 18.4 Å². The van der Waals surface area contributed by atoms with Crippen molar-refractivity contribution >= 4 is 11.9 Å². The number of amides is 1. The van der Waals surface area contributed by atoms with Crippen molar-refractivity contribution in [3.05, 3.63) is 35.9 Å². The van der Waals surface area contributed by atoms with Gasteiger partial charge < -0.3 is 9.64 Å². The molecular formula is C23H37NO3.